The molecule has 60 heavy (non-hydrogen) atoms. The zero-order chi connectivity index (χ0) is 46.1. The van der Waals surface area contributed by atoms with E-state index in [9.17, 15) is 49.6 Å². The summed E-state index contributed by atoms with van der Waals surface area (Å²) in [7, 11) is -12.7. The zero-order valence-electron chi connectivity index (χ0n) is 30.8. The number of para-hydroxylation sites is 1. The number of phenols is 2. The van der Waals surface area contributed by atoms with Gasteiger partial charge in [-0.1, -0.05) is 36.4 Å². The van der Waals surface area contributed by atoms with Gasteiger partial charge in [0.15, 0.2) is 0 Å². The molecule has 21 N–H and O–H groups in total. The van der Waals surface area contributed by atoms with Gasteiger partial charge < -0.3 is 60.6 Å². The van der Waals surface area contributed by atoms with Crippen molar-refractivity contribution in [3.63, 3.8) is 0 Å². The van der Waals surface area contributed by atoms with E-state index in [0.29, 0.717) is 33.8 Å². The predicted octanol–water partition coefficient (Wildman–Crippen LogP) is 2.67. The minimum Gasteiger partial charge on any atom is -0.505 e. The van der Waals surface area contributed by atoms with Crippen LogP contribution in [-0.2, 0) is 30.4 Å². The van der Waals surface area contributed by atoms with Crippen LogP contribution in [0.2, 0.25) is 0 Å². The first-order valence-corrected chi connectivity index (χ1v) is 20.3. The van der Waals surface area contributed by atoms with E-state index in [1.54, 1.807) is 54.6 Å². The molecule has 322 valence electrons. The monoisotopic (exact) mass is 893 g/mol. The number of nitrogen functional groups attached to an aromatic ring is 6. The summed E-state index contributed by atoms with van der Waals surface area (Å²) in [6.07, 6.45) is 0. The first-order valence-electron chi connectivity index (χ1n) is 16.0. The van der Waals surface area contributed by atoms with Crippen molar-refractivity contribution in [3.8, 4) is 11.5 Å². The third-order valence-electron chi connectivity index (χ3n) is 7.62. The third-order valence-corrected chi connectivity index (χ3v) is 10.3. The van der Waals surface area contributed by atoms with Crippen molar-refractivity contribution in [3.05, 3.63) is 102 Å². The van der Waals surface area contributed by atoms with E-state index in [1.165, 1.54) is 31.3 Å². The lowest BCUT2D eigenvalue weighted by Crippen LogP contribution is -2.08. The Balaban J connectivity index is 0.000000288. The van der Waals surface area contributed by atoms with E-state index in [4.69, 9.17) is 53.7 Å². The fourth-order valence-electron chi connectivity index (χ4n) is 4.87. The van der Waals surface area contributed by atoms with Crippen LogP contribution in [0.5, 0.6) is 11.5 Å². The van der Waals surface area contributed by atoms with Gasteiger partial charge >= 0.3 is 11.9 Å². The number of phenolic OH excluding ortho intramolecular Hbond substituents is 2. The Morgan fingerprint density at radius 3 is 1.43 bits per heavy atom. The largest absolute Gasteiger partial charge is 0.505 e. The summed E-state index contributed by atoms with van der Waals surface area (Å²) in [5, 5.41) is 36.5. The molecule has 22 nitrogen and oxygen atoms in total. The van der Waals surface area contributed by atoms with Crippen molar-refractivity contribution in [2.45, 2.75) is 14.7 Å². The molecule has 0 aliphatic heterocycles. The van der Waals surface area contributed by atoms with Gasteiger partial charge in [-0.3, -0.25) is 13.7 Å². The number of hydrogen-bond donors (Lipinski definition) is 14. The van der Waals surface area contributed by atoms with Crippen molar-refractivity contribution in [1.29, 1.82) is 0 Å². The second-order valence-electron chi connectivity index (χ2n) is 11.5. The van der Waals surface area contributed by atoms with Crippen LogP contribution in [0, 0.1) is 0 Å². The quantitative estimate of drug-likeness (QED) is 0.0672. The lowest BCUT2D eigenvalue weighted by Gasteiger charge is -2.14. The molecule has 0 saturated carbocycles. The molecule has 0 aromatic heterocycles. The van der Waals surface area contributed by atoms with Crippen LogP contribution in [0.25, 0.3) is 21.5 Å². The standard InChI is InChI=1S/C10H11N3O7S2.C10H10N2O4S.C7H7NO2.C7H6O2.CH5N/c11-4-2-5(21(15,16)17)3-1-6(22(18,19)20)9(13)10(14)7(3)8(4)12;11-6-2-1-5-3-8(17(14,15)16)9(12)10(13)7(5)4-6;8-6-4-2-1-3-5(6)7(9)10;8-7(9)6-4-2-1-3-5-6;1-2/h1-2,14H,11-13H2,(H,15,16,17)(H,18,19,20);1-4,13H,11-12H2,(H,14,15,16);1-4H,8H2,(H,9,10);1-5H,(H,8,9);2H2,1H3. The fourth-order valence-corrected chi connectivity index (χ4v) is 6.87. The Morgan fingerprint density at radius 2 is 0.983 bits per heavy atom. The van der Waals surface area contributed by atoms with Gasteiger partial charge in [0.05, 0.1) is 39.3 Å². The van der Waals surface area contributed by atoms with Crippen LogP contribution in [0.3, 0.4) is 0 Å². The highest BCUT2D eigenvalue weighted by Gasteiger charge is 2.26. The highest BCUT2D eigenvalue weighted by Crippen LogP contribution is 2.44. The van der Waals surface area contributed by atoms with Crippen LogP contribution < -0.4 is 40.1 Å². The topological polar surface area (TPSA) is 460 Å². The first-order chi connectivity index (χ1) is 27.7. The lowest BCUT2D eigenvalue weighted by atomic mass is 10.1. The summed E-state index contributed by atoms with van der Waals surface area (Å²) in [6.45, 7) is 0. The number of aromatic hydroxyl groups is 2. The molecule has 6 aromatic carbocycles. The molecule has 0 atom stereocenters. The zero-order valence-corrected chi connectivity index (χ0v) is 33.3. The Hall–Kier alpha value is -7.13. The maximum atomic E-state index is 11.4. The minimum atomic E-state index is -4.87. The van der Waals surface area contributed by atoms with Crippen LogP contribution >= 0.6 is 0 Å². The number of nitrogens with two attached hydrogens (primary N) is 7. The van der Waals surface area contributed by atoms with Gasteiger partial charge in [0.25, 0.3) is 30.4 Å². The van der Waals surface area contributed by atoms with E-state index in [0.717, 1.165) is 6.07 Å². The van der Waals surface area contributed by atoms with Crippen molar-refractivity contribution in [1.82, 2.24) is 0 Å². The second kappa shape index (κ2) is 19.5. The number of aromatic carboxylic acids is 2. The number of carboxylic acid groups (broad SMARTS) is 2. The van der Waals surface area contributed by atoms with Gasteiger partial charge in [0, 0.05) is 22.1 Å². The number of fused-ring (bicyclic) bond motifs is 2. The highest BCUT2D eigenvalue weighted by molar-refractivity contribution is 7.86. The highest BCUT2D eigenvalue weighted by atomic mass is 32.2. The Bertz CT molecular complexity index is 2920. The van der Waals surface area contributed by atoms with Gasteiger partial charge in [0.1, 0.15) is 26.2 Å². The summed E-state index contributed by atoms with van der Waals surface area (Å²) < 4.78 is 94.7. The summed E-state index contributed by atoms with van der Waals surface area (Å²) in [5.74, 6) is -3.17. The Morgan fingerprint density at radius 1 is 0.500 bits per heavy atom. The SMILES string of the molecule is CN.Nc1cc(S(=O)(=O)O)c2cc(S(=O)(=O)O)c(N)c(O)c2c1N.Nc1ccc2cc(S(=O)(=O)O)c(N)c(O)c2c1.Nc1ccccc1C(=O)O.O=C(O)c1ccccc1. The van der Waals surface area contributed by atoms with Crippen molar-refractivity contribution >= 4 is 98.0 Å². The molecular formula is C35H39N7O15S3. The molecule has 6 aromatic rings. The molecule has 0 saturated heterocycles. The molecule has 6 rings (SSSR count). The summed E-state index contributed by atoms with van der Waals surface area (Å²) in [5.41, 5.74) is 36.9. The molecular weight excluding hydrogens is 855 g/mol. The van der Waals surface area contributed by atoms with E-state index < -0.39 is 85.2 Å². The minimum absolute atomic E-state index is 0.155. The van der Waals surface area contributed by atoms with E-state index in [2.05, 4.69) is 5.73 Å². The van der Waals surface area contributed by atoms with Gasteiger partial charge in [-0.2, -0.15) is 25.3 Å². The first kappa shape index (κ1) is 49.0. The number of hydrogen-bond acceptors (Lipinski definition) is 17. The number of carbonyl (C=O) groups is 2. The van der Waals surface area contributed by atoms with E-state index in [1.807, 2.05) is 0 Å². The Kier molecular flexibility index (Phi) is 16.0. The van der Waals surface area contributed by atoms with Crippen molar-refractivity contribution in [2.24, 2.45) is 5.73 Å². The normalized spacial score (nSPS) is 10.9. The molecule has 0 bridgehead atoms. The van der Waals surface area contributed by atoms with Gasteiger partial charge in [-0.15, -0.1) is 0 Å². The number of benzene rings is 6. The van der Waals surface area contributed by atoms with Crippen LogP contribution in [0.4, 0.5) is 34.1 Å². The summed E-state index contributed by atoms with van der Waals surface area (Å²) >= 11 is 0. The molecule has 0 radical (unpaired) electrons. The number of rotatable bonds is 5. The third kappa shape index (κ3) is 12.0. The maximum Gasteiger partial charge on any atom is 0.337 e. The Labute approximate surface area is 341 Å². The fraction of sp³-hybridized carbons (Fsp3) is 0.0286. The van der Waals surface area contributed by atoms with Crippen LogP contribution in [-0.4, -0.2) is 78.3 Å². The molecule has 0 fully saturated rings. The smallest absolute Gasteiger partial charge is 0.337 e. The average molecular weight is 894 g/mol. The van der Waals surface area contributed by atoms with E-state index in [-0.39, 0.29) is 22.3 Å². The summed E-state index contributed by atoms with van der Waals surface area (Å²) in [6, 6.07) is 21.8. The molecule has 0 heterocycles. The maximum absolute atomic E-state index is 11.4. The molecule has 0 unspecified atom stereocenters. The predicted molar refractivity (Wildman–Crippen MR) is 224 cm³/mol. The summed E-state index contributed by atoms with van der Waals surface area (Å²) in [4.78, 5) is 18.3. The number of anilines is 6. The van der Waals surface area contributed by atoms with Crippen LogP contribution in [0.1, 0.15) is 20.7 Å². The average Bonchev–Trinajstić information content (AvgIpc) is 3.16. The molecule has 0 aliphatic carbocycles. The molecule has 0 spiro atoms. The lowest BCUT2D eigenvalue weighted by molar-refractivity contribution is 0.0686. The van der Waals surface area contributed by atoms with Gasteiger partial charge in [0.2, 0.25) is 0 Å². The second-order valence-corrected chi connectivity index (χ2v) is 15.7. The molecule has 0 aliphatic rings. The molecule has 0 amide bonds. The number of carboxylic acids is 2. The van der Waals surface area contributed by atoms with Crippen molar-refractivity contribution < 1.29 is 68.9 Å². The van der Waals surface area contributed by atoms with E-state index >= 15 is 0 Å². The van der Waals surface area contributed by atoms with Gasteiger partial charge in [-0.25, -0.2) is 9.59 Å². The molecule has 25 heteroatoms. The van der Waals surface area contributed by atoms with Crippen molar-refractivity contribution in [2.75, 3.05) is 41.4 Å². The van der Waals surface area contributed by atoms with Gasteiger partial charge in [-0.05, 0) is 67.0 Å². The van der Waals surface area contributed by atoms with Crippen LogP contribution in [0.15, 0.2) is 106 Å².